The van der Waals surface area contributed by atoms with Gasteiger partial charge in [0.05, 0.1) is 12.3 Å². The third-order valence-electron chi connectivity index (χ3n) is 2.41. The van der Waals surface area contributed by atoms with Crippen LogP contribution in [-0.2, 0) is 17.1 Å². The number of furan rings is 1. The number of hydrogen-bond donors (Lipinski definition) is 2. The Balaban J connectivity index is 2.25. The minimum Gasteiger partial charge on any atom is -0.468 e. The number of sulfonamides is 1. The molecular formula is C10H14N4O3S. The number of nitrogens with one attached hydrogen (secondary N) is 1. The predicted octanol–water partition coefficient (Wildman–Crippen LogP) is 0.635. The van der Waals surface area contributed by atoms with Gasteiger partial charge in [-0.15, -0.1) is 0 Å². The molecule has 0 spiro atoms. The number of aromatic nitrogens is 2. The average Bonchev–Trinajstić information content (AvgIpc) is 2.86. The molecule has 7 nitrogen and oxygen atoms in total. The molecule has 2 aromatic heterocycles. The standard InChI is InChI=1S/C10H14N4O3S/c1-7(8-4-3-5-17-8)13-18(15,16)9-6-14(2)12-10(9)11/h3-7,13H,1-2H3,(H2,11,12). The molecule has 8 heteroatoms. The van der Waals surface area contributed by atoms with Gasteiger partial charge in [-0.2, -0.15) is 5.10 Å². The highest BCUT2D eigenvalue weighted by atomic mass is 32.2. The zero-order valence-electron chi connectivity index (χ0n) is 9.99. The molecule has 0 aromatic carbocycles. The van der Waals surface area contributed by atoms with Gasteiger partial charge in [0.1, 0.15) is 10.7 Å². The Morgan fingerprint density at radius 2 is 2.28 bits per heavy atom. The molecule has 1 unspecified atom stereocenters. The highest BCUT2D eigenvalue weighted by Crippen LogP contribution is 2.20. The van der Waals surface area contributed by atoms with Crippen molar-refractivity contribution in [2.24, 2.45) is 7.05 Å². The van der Waals surface area contributed by atoms with Crippen molar-refractivity contribution in [2.75, 3.05) is 5.73 Å². The number of anilines is 1. The van der Waals surface area contributed by atoms with E-state index in [9.17, 15) is 8.42 Å². The SMILES string of the molecule is CC(NS(=O)(=O)c1cn(C)nc1N)c1ccco1. The lowest BCUT2D eigenvalue weighted by Gasteiger charge is -2.10. The van der Waals surface area contributed by atoms with Crippen molar-refractivity contribution >= 4 is 15.8 Å². The van der Waals surface area contributed by atoms with Crippen LogP contribution in [0, 0.1) is 0 Å². The van der Waals surface area contributed by atoms with Crippen LogP contribution in [0.15, 0.2) is 33.9 Å². The molecule has 0 bridgehead atoms. The van der Waals surface area contributed by atoms with Crippen LogP contribution in [0.1, 0.15) is 18.7 Å². The van der Waals surface area contributed by atoms with Crippen molar-refractivity contribution in [2.45, 2.75) is 17.9 Å². The summed E-state index contributed by atoms with van der Waals surface area (Å²) < 4.78 is 33.1. The van der Waals surface area contributed by atoms with Crippen LogP contribution in [0.5, 0.6) is 0 Å². The molecule has 0 fully saturated rings. The second-order valence-corrected chi connectivity index (χ2v) is 5.59. The first-order valence-electron chi connectivity index (χ1n) is 5.25. The Kier molecular flexibility index (Phi) is 3.14. The van der Waals surface area contributed by atoms with Gasteiger partial charge in [0.25, 0.3) is 0 Å². The maximum absolute atomic E-state index is 12.1. The van der Waals surface area contributed by atoms with Crippen LogP contribution in [0.25, 0.3) is 0 Å². The van der Waals surface area contributed by atoms with Crippen molar-refractivity contribution in [1.82, 2.24) is 14.5 Å². The summed E-state index contributed by atoms with van der Waals surface area (Å²) in [6.07, 6.45) is 2.84. The molecule has 0 radical (unpaired) electrons. The van der Waals surface area contributed by atoms with Crippen LogP contribution < -0.4 is 10.5 Å². The molecule has 18 heavy (non-hydrogen) atoms. The fraction of sp³-hybridized carbons (Fsp3) is 0.300. The van der Waals surface area contributed by atoms with E-state index in [4.69, 9.17) is 10.2 Å². The van der Waals surface area contributed by atoms with Crippen LogP contribution in [0.3, 0.4) is 0 Å². The van der Waals surface area contributed by atoms with E-state index in [1.54, 1.807) is 26.1 Å². The van der Waals surface area contributed by atoms with Crippen molar-refractivity contribution in [3.63, 3.8) is 0 Å². The van der Waals surface area contributed by atoms with E-state index in [2.05, 4.69) is 9.82 Å². The fourth-order valence-electron chi connectivity index (χ4n) is 1.58. The van der Waals surface area contributed by atoms with Crippen molar-refractivity contribution in [3.8, 4) is 0 Å². The molecule has 2 rings (SSSR count). The van der Waals surface area contributed by atoms with Gasteiger partial charge in [-0.25, -0.2) is 13.1 Å². The lowest BCUT2D eigenvalue weighted by Crippen LogP contribution is -2.27. The highest BCUT2D eigenvalue weighted by molar-refractivity contribution is 7.89. The third kappa shape index (κ3) is 2.39. The molecule has 2 aromatic rings. The number of nitrogens with two attached hydrogens (primary N) is 1. The number of hydrogen-bond acceptors (Lipinski definition) is 5. The Morgan fingerprint density at radius 1 is 1.56 bits per heavy atom. The molecule has 0 saturated heterocycles. The Bertz CT molecular complexity index is 630. The summed E-state index contributed by atoms with van der Waals surface area (Å²) in [4.78, 5) is -0.0385. The topological polar surface area (TPSA) is 103 Å². The first-order chi connectivity index (χ1) is 8.40. The summed E-state index contributed by atoms with van der Waals surface area (Å²) in [6, 6.07) is 2.91. The largest absolute Gasteiger partial charge is 0.468 e. The van der Waals surface area contributed by atoms with E-state index >= 15 is 0 Å². The highest BCUT2D eigenvalue weighted by Gasteiger charge is 2.24. The third-order valence-corrected chi connectivity index (χ3v) is 3.97. The smallest absolute Gasteiger partial charge is 0.246 e. The summed E-state index contributed by atoms with van der Waals surface area (Å²) in [5, 5.41) is 3.80. The summed E-state index contributed by atoms with van der Waals surface area (Å²) >= 11 is 0. The second kappa shape index (κ2) is 4.46. The maximum atomic E-state index is 12.1. The van der Waals surface area contributed by atoms with Gasteiger partial charge in [-0.05, 0) is 19.1 Å². The van der Waals surface area contributed by atoms with Crippen molar-refractivity contribution in [3.05, 3.63) is 30.4 Å². The van der Waals surface area contributed by atoms with E-state index in [1.165, 1.54) is 17.1 Å². The monoisotopic (exact) mass is 270 g/mol. The Morgan fingerprint density at radius 3 is 2.78 bits per heavy atom. The number of nitrogen functional groups attached to an aromatic ring is 1. The van der Waals surface area contributed by atoms with E-state index in [0.29, 0.717) is 5.76 Å². The van der Waals surface area contributed by atoms with E-state index in [1.807, 2.05) is 0 Å². The van der Waals surface area contributed by atoms with Gasteiger partial charge in [-0.3, -0.25) is 4.68 Å². The normalized spacial score (nSPS) is 13.7. The lowest BCUT2D eigenvalue weighted by atomic mass is 10.3. The van der Waals surface area contributed by atoms with Crippen LogP contribution >= 0.6 is 0 Å². The second-order valence-electron chi connectivity index (χ2n) is 3.91. The zero-order valence-corrected chi connectivity index (χ0v) is 10.8. The van der Waals surface area contributed by atoms with Gasteiger partial charge in [0.15, 0.2) is 5.82 Å². The fourth-order valence-corrected chi connectivity index (χ4v) is 2.90. The quantitative estimate of drug-likeness (QED) is 0.848. The molecular weight excluding hydrogens is 256 g/mol. The van der Waals surface area contributed by atoms with E-state index in [-0.39, 0.29) is 10.7 Å². The van der Waals surface area contributed by atoms with Crippen molar-refractivity contribution < 1.29 is 12.8 Å². The molecule has 0 aliphatic rings. The predicted molar refractivity (Wildman–Crippen MR) is 65.1 cm³/mol. The first kappa shape index (κ1) is 12.7. The van der Waals surface area contributed by atoms with E-state index in [0.717, 1.165) is 0 Å². The van der Waals surface area contributed by atoms with Crippen LogP contribution in [-0.4, -0.2) is 18.2 Å². The van der Waals surface area contributed by atoms with Gasteiger partial charge in [0, 0.05) is 13.2 Å². The minimum absolute atomic E-state index is 0.0309. The van der Waals surface area contributed by atoms with Crippen LogP contribution in [0.2, 0.25) is 0 Å². The van der Waals surface area contributed by atoms with Gasteiger partial charge >= 0.3 is 0 Å². The molecule has 0 aliphatic heterocycles. The Hall–Kier alpha value is -1.80. The molecule has 2 heterocycles. The van der Waals surface area contributed by atoms with Gasteiger partial charge in [-0.1, -0.05) is 0 Å². The summed E-state index contributed by atoms with van der Waals surface area (Å²) in [5.41, 5.74) is 5.55. The molecule has 0 amide bonds. The summed E-state index contributed by atoms with van der Waals surface area (Å²) in [7, 11) is -2.11. The molecule has 98 valence electrons. The Labute approximate surface area is 105 Å². The van der Waals surface area contributed by atoms with Crippen molar-refractivity contribution in [1.29, 1.82) is 0 Å². The van der Waals surface area contributed by atoms with Crippen LogP contribution in [0.4, 0.5) is 5.82 Å². The molecule has 0 saturated carbocycles. The summed E-state index contributed by atoms with van der Waals surface area (Å²) in [6.45, 7) is 1.68. The molecule has 0 aliphatic carbocycles. The molecule has 1 atom stereocenters. The van der Waals surface area contributed by atoms with Gasteiger partial charge in [0.2, 0.25) is 10.0 Å². The average molecular weight is 270 g/mol. The molecule has 3 N–H and O–H groups in total. The van der Waals surface area contributed by atoms with E-state index < -0.39 is 16.1 Å². The first-order valence-corrected chi connectivity index (χ1v) is 6.73. The number of aryl methyl sites for hydroxylation is 1. The van der Waals surface area contributed by atoms with Gasteiger partial charge < -0.3 is 10.2 Å². The lowest BCUT2D eigenvalue weighted by molar-refractivity contribution is 0.459. The minimum atomic E-state index is -3.71. The number of rotatable bonds is 4. The maximum Gasteiger partial charge on any atom is 0.246 e. The zero-order chi connectivity index (χ0) is 13.3. The number of nitrogens with zero attached hydrogens (tertiary/aromatic N) is 2. The summed E-state index contributed by atoms with van der Waals surface area (Å²) in [5.74, 6) is 0.498.